The van der Waals surface area contributed by atoms with E-state index in [4.69, 9.17) is 0 Å². The third-order valence-electron chi connectivity index (χ3n) is 2.90. The van der Waals surface area contributed by atoms with Crippen molar-refractivity contribution in [3.63, 3.8) is 0 Å². The average molecular weight is 215 g/mol. The number of fused-ring (bicyclic) bond motifs is 1. The molecule has 0 atom stereocenters. The van der Waals surface area contributed by atoms with Crippen LogP contribution in [0, 0.1) is 0 Å². The van der Waals surface area contributed by atoms with Gasteiger partial charge in [0, 0.05) is 38.7 Å². The fourth-order valence-corrected chi connectivity index (χ4v) is 1.94. The van der Waals surface area contributed by atoms with E-state index in [0.717, 1.165) is 24.4 Å². The van der Waals surface area contributed by atoms with E-state index in [2.05, 4.69) is 10.3 Å². The largest absolute Gasteiger partial charge is 0.330 e. The molecular weight excluding hydrogens is 200 g/mol. The first-order chi connectivity index (χ1) is 7.06. The van der Waals surface area contributed by atoms with Crippen LogP contribution < -0.4 is 5.32 Å². The Labute approximate surface area is 87.5 Å². The number of rotatable bonds is 2. The summed E-state index contributed by atoms with van der Waals surface area (Å²) in [4.78, 5) is 4.04. The van der Waals surface area contributed by atoms with Gasteiger partial charge < -0.3 is 9.88 Å². The average Bonchev–Trinajstić information content (AvgIpc) is 2.58. The van der Waals surface area contributed by atoms with Crippen molar-refractivity contribution in [3.05, 3.63) is 17.2 Å². The number of nitrogens with zero attached hydrogens (tertiary/aromatic N) is 2. The minimum Gasteiger partial charge on any atom is -0.330 e. The first-order valence-electron chi connectivity index (χ1n) is 5.19. The van der Waals surface area contributed by atoms with Gasteiger partial charge in [0.1, 0.15) is 0 Å². The SMILES string of the molecule is CCC(F)(F)c1nc2c(n1C)CCNC2. The Morgan fingerprint density at radius 3 is 2.87 bits per heavy atom. The van der Waals surface area contributed by atoms with Crippen molar-refractivity contribution in [1.82, 2.24) is 14.9 Å². The molecule has 1 aliphatic rings. The molecule has 5 heteroatoms. The molecule has 1 aromatic rings. The van der Waals surface area contributed by atoms with Gasteiger partial charge in [0.15, 0.2) is 5.82 Å². The van der Waals surface area contributed by atoms with E-state index in [1.54, 1.807) is 11.6 Å². The van der Waals surface area contributed by atoms with Gasteiger partial charge in [-0.05, 0) is 0 Å². The maximum atomic E-state index is 13.5. The molecule has 0 aliphatic carbocycles. The van der Waals surface area contributed by atoms with Gasteiger partial charge in [0.05, 0.1) is 5.69 Å². The summed E-state index contributed by atoms with van der Waals surface area (Å²) in [7, 11) is 1.68. The van der Waals surface area contributed by atoms with E-state index >= 15 is 0 Å². The van der Waals surface area contributed by atoms with Crippen LogP contribution in [0.2, 0.25) is 0 Å². The Bertz CT molecular complexity index is 371. The molecule has 0 unspecified atom stereocenters. The second-order valence-electron chi connectivity index (χ2n) is 3.87. The molecule has 1 N–H and O–H groups in total. The summed E-state index contributed by atoms with van der Waals surface area (Å²) in [5, 5.41) is 3.13. The molecule has 1 aromatic heterocycles. The molecule has 84 valence electrons. The first-order valence-corrected chi connectivity index (χ1v) is 5.19. The van der Waals surface area contributed by atoms with E-state index in [0.29, 0.717) is 6.54 Å². The number of nitrogens with one attached hydrogen (secondary N) is 1. The summed E-state index contributed by atoms with van der Waals surface area (Å²) in [6.45, 7) is 2.92. The lowest BCUT2D eigenvalue weighted by Gasteiger charge is -2.15. The predicted octanol–water partition coefficient (Wildman–Crippen LogP) is 1.57. The van der Waals surface area contributed by atoms with E-state index in [-0.39, 0.29) is 12.2 Å². The Balaban J connectivity index is 2.46. The molecule has 2 rings (SSSR count). The van der Waals surface area contributed by atoms with E-state index < -0.39 is 5.92 Å². The third kappa shape index (κ3) is 1.65. The summed E-state index contributed by atoms with van der Waals surface area (Å²) >= 11 is 0. The number of hydrogen-bond acceptors (Lipinski definition) is 2. The standard InChI is InChI=1S/C10H15F2N3/c1-3-10(11,12)9-14-7-6-13-5-4-8(7)15(9)2/h13H,3-6H2,1-2H3. The van der Waals surface area contributed by atoms with Gasteiger partial charge in [-0.15, -0.1) is 0 Å². The maximum Gasteiger partial charge on any atom is 0.304 e. The topological polar surface area (TPSA) is 29.9 Å². The Morgan fingerprint density at radius 1 is 1.53 bits per heavy atom. The van der Waals surface area contributed by atoms with Crippen LogP contribution in [0.1, 0.15) is 30.6 Å². The number of aromatic nitrogens is 2. The highest BCUT2D eigenvalue weighted by molar-refractivity contribution is 5.21. The molecule has 0 radical (unpaired) electrons. The predicted molar refractivity (Wildman–Crippen MR) is 52.8 cm³/mol. The minimum atomic E-state index is -2.81. The normalized spacial score (nSPS) is 16.5. The Hall–Kier alpha value is -0.970. The number of imidazole rings is 1. The highest BCUT2D eigenvalue weighted by Crippen LogP contribution is 2.32. The molecule has 15 heavy (non-hydrogen) atoms. The lowest BCUT2D eigenvalue weighted by Crippen LogP contribution is -2.24. The van der Waals surface area contributed by atoms with Crippen molar-refractivity contribution in [2.24, 2.45) is 7.05 Å². The quantitative estimate of drug-likeness (QED) is 0.811. The lowest BCUT2D eigenvalue weighted by atomic mass is 10.2. The lowest BCUT2D eigenvalue weighted by molar-refractivity contribution is -0.0202. The summed E-state index contributed by atoms with van der Waals surface area (Å²) in [6.07, 6.45) is 0.572. The minimum absolute atomic E-state index is 0.0984. The number of halogens is 2. The van der Waals surface area contributed by atoms with E-state index in [9.17, 15) is 8.78 Å². The smallest absolute Gasteiger partial charge is 0.304 e. The monoisotopic (exact) mass is 215 g/mol. The van der Waals surface area contributed by atoms with Crippen LogP contribution in [-0.4, -0.2) is 16.1 Å². The zero-order valence-electron chi connectivity index (χ0n) is 8.98. The van der Waals surface area contributed by atoms with Crippen LogP contribution in [0.3, 0.4) is 0 Å². The highest BCUT2D eigenvalue weighted by Gasteiger charge is 2.36. The highest BCUT2D eigenvalue weighted by atomic mass is 19.3. The summed E-state index contributed by atoms with van der Waals surface area (Å²) in [5.41, 5.74) is 1.71. The van der Waals surface area contributed by atoms with Crippen LogP contribution >= 0.6 is 0 Å². The van der Waals surface area contributed by atoms with Gasteiger partial charge in [-0.25, -0.2) is 4.98 Å². The zero-order valence-corrected chi connectivity index (χ0v) is 8.98. The molecule has 0 saturated carbocycles. The van der Waals surface area contributed by atoms with Crippen molar-refractivity contribution < 1.29 is 8.78 Å². The summed E-state index contributed by atoms with van der Waals surface area (Å²) in [5.74, 6) is -2.91. The van der Waals surface area contributed by atoms with E-state index in [1.165, 1.54) is 6.92 Å². The molecule has 0 bridgehead atoms. The second-order valence-corrected chi connectivity index (χ2v) is 3.87. The second kappa shape index (κ2) is 3.56. The molecule has 2 heterocycles. The molecule has 0 fully saturated rings. The fraction of sp³-hybridized carbons (Fsp3) is 0.700. The molecule has 1 aliphatic heterocycles. The summed E-state index contributed by atoms with van der Waals surface area (Å²) < 4.78 is 28.6. The Kier molecular flexibility index (Phi) is 2.50. The van der Waals surface area contributed by atoms with Gasteiger partial charge in [-0.1, -0.05) is 6.92 Å². The van der Waals surface area contributed by atoms with E-state index in [1.807, 2.05) is 0 Å². The van der Waals surface area contributed by atoms with Gasteiger partial charge >= 0.3 is 5.92 Å². The summed E-state index contributed by atoms with van der Waals surface area (Å²) in [6, 6.07) is 0. The van der Waals surface area contributed by atoms with Crippen molar-refractivity contribution in [2.75, 3.05) is 6.54 Å². The molecule has 0 saturated heterocycles. The van der Waals surface area contributed by atoms with Gasteiger partial charge in [0.2, 0.25) is 0 Å². The maximum absolute atomic E-state index is 13.5. The van der Waals surface area contributed by atoms with Crippen molar-refractivity contribution in [2.45, 2.75) is 32.2 Å². The molecular formula is C10H15F2N3. The molecule has 3 nitrogen and oxygen atoms in total. The van der Waals surface area contributed by atoms with Crippen LogP contribution in [0.25, 0.3) is 0 Å². The van der Waals surface area contributed by atoms with Crippen LogP contribution in [0.5, 0.6) is 0 Å². The fourth-order valence-electron chi connectivity index (χ4n) is 1.94. The van der Waals surface area contributed by atoms with Gasteiger partial charge in [0.25, 0.3) is 0 Å². The molecule has 0 spiro atoms. The van der Waals surface area contributed by atoms with Gasteiger partial charge in [-0.3, -0.25) is 0 Å². The molecule has 0 amide bonds. The first kappa shape index (κ1) is 10.5. The molecule has 0 aromatic carbocycles. The number of hydrogen-bond donors (Lipinski definition) is 1. The van der Waals surface area contributed by atoms with Gasteiger partial charge in [-0.2, -0.15) is 8.78 Å². The van der Waals surface area contributed by atoms with Crippen molar-refractivity contribution in [1.29, 1.82) is 0 Å². The Morgan fingerprint density at radius 2 is 2.27 bits per heavy atom. The van der Waals surface area contributed by atoms with Crippen LogP contribution in [0.15, 0.2) is 0 Å². The number of alkyl halides is 2. The zero-order chi connectivity index (χ0) is 11.1. The van der Waals surface area contributed by atoms with Crippen LogP contribution in [-0.2, 0) is 25.9 Å². The van der Waals surface area contributed by atoms with Crippen molar-refractivity contribution in [3.8, 4) is 0 Å². The van der Waals surface area contributed by atoms with Crippen molar-refractivity contribution >= 4 is 0 Å². The third-order valence-corrected chi connectivity index (χ3v) is 2.90. The van der Waals surface area contributed by atoms with Crippen LogP contribution in [0.4, 0.5) is 8.78 Å².